The maximum absolute atomic E-state index is 11.5. The van der Waals surface area contributed by atoms with Crippen molar-refractivity contribution in [1.82, 2.24) is 5.32 Å². The van der Waals surface area contributed by atoms with Gasteiger partial charge in [-0.3, -0.25) is 0 Å². The van der Waals surface area contributed by atoms with E-state index in [1.54, 1.807) is 12.1 Å². The van der Waals surface area contributed by atoms with Crippen LogP contribution in [0.2, 0.25) is 0 Å². The summed E-state index contributed by atoms with van der Waals surface area (Å²) in [5, 5.41) is 3.62. The van der Waals surface area contributed by atoms with Gasteiger partial charge in [0, 0.05) is 23.6 Å². The van der Waals surface area contributed by atoms with Crippen molar-refractivity contribution in [2.45, 2.75) is 48.3 Å². The van der Waals surface area contributed by atoms with Gasteiger partial charge in [-0.15, -0.1) is 0 Å². The van der Waals surface area contributed by atoms with Gasteiger partial charge >= 0.3 is 0 Å². The smallest absolute Gasteiger partial charge is 0.175 e. The lowest BCUT2D eigenvalue weighted by Crippen LogP contribution is -2.36. The van der Waals surface area contributed by atoms with Crippen molar-refractivity contribution < 1.29 is 8.42 Å². The Morgan fingerprint density at radius 2 is 1.81 bits per heavy atom. The summed E-state index contributed by atoms with van der Waals surface area (Å²) in [5.41, 5.74) is 1.14. The first-order valence-corrected chi connectivity index (χ1v) is 10.6. The van der Waals surface area contributed by atoms with Crippen LogP contribution in [0.1, 0.15) is 44.2 Å². The van der Waals surface area contributed by atoms with E-state index in [0.717, 1.165) is 12.1 Å². The lowest BCUT2D eigenvalue weighted by molar-refractivity contribution is 0.486. The summed E-state index contributed by atoms with van der Waals surface area (Å²) in [4.78, 5) is 0.384. The van der Waals surface area contributed by atoms with Crippen molar-refractivity contribution in [1.29, 1.82) is 0 Å². The molecule has 0 aromatic heterocycles. The first kappa shape index (κ1) is 16.8. The molecule has 1 aromatic rings. The Balaban J connectivity index is 1.98. The fourth-order valence-corrected chi connectivity index (χ4v) is 4.49. The summed E-state index contributed by atoms with van der Waals surface area (Å²) in [6.07, 6.45) is 8.70. The molecule has 5 heteroatoms. The number of rotatable bonds is 6. The molecule has 1 aromatic carbocycles. The van der Waals surface area contributed by atoms with Crippen LogP contribution in [0.15, 0.2) is 29.2 Å². The van der Waals surface area contributed by atoms with E-state index >= 15 is 0 Å². The van der Waals surface area contributed by atoms with E-state index in [9.17, 15) is 8.42 Å². The molecule has 0 saturated heterocycles. The van der Waals surface area contributed by atoms with Crippen LogP contribution < -0.4 is 5.32 Å². The molecule has 1 N–H and O–H groups in total. The predicted octanol–water partition coefficient (Wildman–Crippen LogP) is 3.42. The van der Waals surface area contributed by atoms with Gasteiger partial charge in [0.05, 0.1) is 4.90 Å². The third-order valence-electron chi connectivity index (χ3n) is 4.49. The average Bonchev–Trinajstić information content (AvgIpc) is 2.93. The molecule has 0 spiro atoms. The highest BCUT2D eigenvalue weighted by Gasteiger charge is 2.32. The first-order valence-electron chi connectivity index (χ1n) is 7.45. The number of hydrogen-bond donors (Lipinski definition) is 1. The summed E-state index contributed by atoms with van der Waals surface area (Å²) >= 11 is 1.98. The van der Waals surface area contributed by atoms with E-state index in [1.807, 2.05) is 23.9 Å². The first-order chi connectivity index (χ1) is 9.86. The molecule has 0 bridgehead atoms. The molecule has 0 radical (unpaired) electrons. The normalized spacial score (nSPS) is 19.6. The van der Waals surface area contributed by atoms with Crippen LogP contribution >= 0.6 is 11.8 Å². The SMILES string of the molecule is CSC1(CNC(C)c2ccc(S(C)(=O)=O)cc2)CCCC1. The fraction of sp³-hybridized carbons (Fsp3) is 0.625. The van der Waals surface area contributed by atoms with Crippen LogP contribution in [-0.2, 0) is 9.84 Å². The molecule has 1 aliphatic rings. The summed E-state index contributed by atoms with van der Waals surface area (Å²) in [6, 6.07) is 7.46. The van der Waals surface area contributed by atoms with Gasteiger partial charge < -0.3 is 5.32 Å². The van der Waals surface area contributed by atoms with Gasteiger partial charge in [0.15, 0.2) is 9.84 Å². The molecule has 2 rings (SSSR count). The predicted molar refractivity (Wildman–Crippen MR) is 90.7 cm³/mol. The Bertz CT molecular complexity index is 560. The average molecular weight is 328 g/mol. The molecule has 1 atom stereocenters. The number of hydrogen-bond acceptors (Lipinski definition) is 4. The zero-order valence-corrected chi connectivity index (χ0v) is 14.7. The lowest BCUT2D eigenvalue weighted by Gasteiger charge is -2.29. The maximum Gasteiger partial charge on any atom is 0.175 e. The van der Waals surface area contributed by atoms with Gasteiger partial charge in [0.1, 0.15) is 0 Å². The van der Waals surface area contributed by atoms with Gasteiger partial charge in [-0.1, -0.05) is 25.0 Å². The summed E-state index contributed by atoms with van der Waals surface area (Å²) < 4.78 is 23.3. The van der Waals surface area contributed by atoms with Crippen LogP contribution in [0.4, 0.5) is 0 Å². The number of sulfone groups is 1. The highest BCUT2D eigenvalue weighted by Crippen LogP contribution is 2.39. The zero-order chi connectivity index (χ0) is 15.5. The second kappa shape index (κ2) is 6.71. The Morgan fingerprint density at radius 3 is 2.29 bits per heavy atom. The van der Waals surface area contributed by atoms with Crippen molar-refractivity contribution >= 4 is 21.6 Å². The van der Waals surface area contributed by atoms with E-state index in [0.29, 0.717) is 9.64 Å². The molecule has 0 aliphatic heterocycles. The fourth-order valence-electron chi connectivity index (χ4n) is 2.93. The maximum atomic E-state index is 11.5. The van der Waals surface area contributed by atoms with Gasteiger partial charge in [0.2, 0.25) is 0 Å². The largest absolute Gasteiger partial charge is 0.309 e. The molecule has 1 fully saturated rings. The highest BCUT2D eigenvalue weighted by atomic mass is 32.2. The van der Waals surface area contributed by atoms with E-state index in [1.165, 1.54) is 31.9 Å². The molecule has 1 saturated carbocycles. The van der Waals surface area contributed by atoms with E-state index < -0.39 is 9.84 Å². The molecule has 21 heavy (non-hydrogen) atoms. The van der Waals surface area contributed by atoms with E-state index in [4.69, 9.17) is 0 Å². The Kier molecular flexibility index (Phi) is 5.38. The zero-order valence-electron chi connectivity index (χ0n) is 13.1. The molecule has 118 valence electrons. The number of nitrogens with one attached hydrogen (secondary N) is 1. The Labute approximate surface area is 132 Å². The van der Waals surface area contributed by atoms with Crippen molar-refractivity contribution in [3.05, 3.63) is 29.8 Å². The molecule has 1 aliphatic carbocycles. The van der Waals surface area contributed by atoms with Gasteiger partial charge in [-0.05, 0) is 43.7 Å². The van der Waals surface area contributed by atoms with Crippen molar-refractivity contribution in [3.8, 4) is 0 Å². The minimum absolute atomic E-state index is 0.239. The molecule has 1 unspecified atom stereocenters. The molecule has 0 amide bonds. The summed E-state index contributed by atoms with van der Waals surface area (Å²) in [6.45, 7) is 3.15. The van der Waals surface area contributed by atoms with Crippen molar-refractivity contribution in [2.24, 2.45) is 0 Å². The summed E-state index contributed by atoms with van der Waals surface area (Å²) in [7, 11) is -3.11. The van der Waals surface area contributed by atoms with Crippen LogP contribution in [-0.4, -0.2) is 32.2 Å². The van der Waals surface area contributed by atoms with E-state index in [-0.39, 0.29) is 6.04 Å². The minimum Gasteiger partial charge on any atom is -0.309 e. The lowest BCUT2D eigenvalue weighted by atomic mass is 10.0. The summed E-state index contributed by atoms with van der Waals surface area (Å²) in [5.74, 6) is 0. The van der Waals surface area contributed by atoms with Crippen LogP contribution in [0.25, 0.3) is 0 Å². The number of benzene rings is 1. The second-order valence-corrected chi connectivity index (χ2v) is 9.33. The third kappa shape index (κ3) is 4.24. The number of thioether (sulfide) groups is 1. The second-order valence-electron chi connectivity index (χ2n) is 6.04. The molecule has 0 heterocycles. The third-order valence-corrected chi connectivity index (χ3v) is 7.03. The van der Waals surface area contributed by atoms with Gasteiger partial charge in [-0.2, -0.15) is 11.8 Å². The molecule has 3 nitrogen and oxygen atoms in total. The van der Waals surface area contributed by atoms with Crippen molar-refractivity contribution in [3.63, 3.8) is 0 Å². The van der Waals surface area contributed by atoms with Gasteiger partial charge in [-0.25, -0.2) is 8.42 Å². The Hall–Kier alpha value is -0.520. The minimum atomic E-state index is -3.11. The molecular formula is C16H25NO2S2. The van der Waals surface area contributed by atoms with Crippen molar-refractivity contribution in [2.75, 3.05) is 19.1 Å². The van der Waals surface area contributed by atoms with Crippen LogP contribution in [0.5, 0.6) is 0 Å². The quantitative estimate of drug-likeness (QED) is 0.869. The monoisotopic (exact) mass is 327 g/mol. The molecular weight excluding hydrogens is 302 g/mol. The van der Waals surface area contributed by atoms with Crippen LogP contribution in [0, 0.1) is 0 Å². The topological polar surface area (TPSA) is 46.2 Å². The van der Waals surface area contributed by atoms with Gasteiger partial charge in [0.25, 0.3) is 0 Å². The van der Waals surface area contributed by atoms with E-state index in [2.05, 4.69) is 18.5 Å². The Morgan fingerprint density at radius 1 is 1.24 bits per heavy atom. The van der Waals surface area contributed by atoms with Crippen LogP contribution in [0.3, 0.4) is 0 Å². The standard InChI is InChI=1S/C16H25NO2S2/c1-13(17-12-16(20-2)10-4-5-11-16)14-6-8-15(9-7-14)21(3,18)19/h6-9,13,17H,4-5,10-12H2,1-3H3. The highest BCUT2D eigenvalue weighted by molar-refractivity contribution is 8.00.